The Labute approximate surface area is 85.8 Å². The molecule has 0 aromatic rings. The van der Waals surface area contributed by atoms with Gasteiger partial charge < -0.3 is 4.74 Å². The first-order valence-corrected chi connectivity index (χ1v) is 5.09. The first-order valence-electron chi connectivity index (χ1n) is 3.76. The minimum atomic E-state index is 0.241. The third kappa shape index (κ3) is 2.88. The molecular formula is C8H11BrClNO. The molecule has 1 aliphatic heterocycles. The Morgan fingerprint density at radius 3 is 3.17 bits per heavy atom. The summed E-state index contributed by atoms with van der Waals surface area (Å²) < 4.78 is 6.16. The maximum Gasteiger partial charge on any atom is 0.120 e. The van der Waals surface area contributed by atoms with Gasteiger partial charge in [-0.1, -0.05) is 17.2 Å². The molecule has 0 saturated heterocycles. The van der Waals surface area contributed by atoms with Crippen LogP contribution in [0.3, 0.4) is 0 Å². The van der Waals surface area contributed by atoms with Gasteiger partial charge in [-0.25, -0.2) is 0 Å². The Morgan fingerprint density at radius 1 is 1.83 bits per heavy atom. The summed E-state index contributed by atoms with van der Waals surface area (Å²) in [6.45, 7) is 2.70. The van der Waals surface area contributed by atoms with Gasteiger partial charge >= 0.3 is 0 Å². The second-order valence-electron chi connectivity index (χ2n) is 2.74. The monoisotopic (exact) mass is 251 g/mol. The number of ether oxygens (including phenoxy) is 1. The number of allylic oxidation sites excluding steroid dienone is 1. The lowest BCUT2D eigenvalue weighted by molar-refractivity contribution is 0.162. The Morgan fingerprint density at radius 2 is 2.58 bits per heavy atom. The van der Waals surface area contributed by atoms with Crippen LogP contribution in [0, 0.1) is 0 Å². The Hall–Kier alpha value is 0.140. The number of rotatable bonds is 3. The van der Waals surface area contributed by atoms with Crippen LogP contribution in [0.1, 0.15) is 13.3 Å². The van der Waals surface area contributed by atoms with E-state index in [9.17, 15) is 0 Å². The fourth-order valence-electron chi connectivity index (χ4n) is 1.07. The van der Waals surface area contributed by atoms with Gasteiger partial charge in [0.25, 0.3) is 0 Å². The van der Waals surface area contributed by atoms with Crippen LogP contribution in [0.25, 0.3) is 0 Å². The van der Waals surface area contributed by atoms with Gasteiger partial charge in [0, 0.05) is 10.7 Å². The van der Waals surface area contributed by atoms with Crippen LogP contribution in [-0.2, 0) is 4.74 Å². The number of alkyl halides is 1. The molecule has 0 saturated carbocycles. The van der Waals surface area contributed by atoms with E-state index in [1.165, 1.54) is 5.57 Å². The van der Waals surface area contributed by atoms with E-state index < -0.39 is 0 Å². The number of halogens is 2. The first kappa shape index (κ1) is 10.2. The maximum absolute atomic E-state index is 5.39. The molecule has 0 bridgehead atoms. The van der Waals surface area contributed by atoms with E-state index in [4.69, 9.17) is 16.3 Å². The zero-order valence-electron chi connectivity index (χ0n) is 6.89. The third-order valence-electron chi connectivity index (χ3n) is 1.74. The zero-order valence-corrected chi connectivity index (χ0v) is 9.23. The summed E-state index contributed by atoms with van der Waals surface area (Å²) in [6, 6.07) is 0.487. The molecular weight excluding hydrogens is 241 g/mol. The van der Waals surface area contributed by atoms with Crippen molar-refractivity contribution in [1.82, 2.24) is 0 Å². The molecule has 0 radical (unpaired) electrons. The molecule has 0 aliphatic carbocycles. The lowest BCUT2D eigenvalue weighted by Gasteiger charge is -2.16. The van der Waals surface area contributed by atoms with Gasteiger partial charge in [0.05, 0.1) is 12.6 Å². The number of hydrogen-bond acceptors (Lipinski definition) is 2. The largest absolute Gasteiger partial charge is 0.364 e. The van der Waals surface area contributed by atoms with Gasteiger partial charge in [-0.15, -0.1) is 0 Å². The van der Waals surface area contributed by atoms with E-state index in [1.54, 1.807) is 0 Å². The predicted octanol–water partition coefficient (Wildman–Crippen LogP) is 2.71. The fourth-order valence-corrected chi connectivity index (χ4v) is 1.44. The van der Waals surface area contributed by atoms with E-state index in [0.29, 0.717) is 6.61 Å². The maximum atomic E-state index is 5.39. The molecule has 0 N–H and O–H groups in total. The van der Waals surface area contributed by atoms with Crippen molar-refractivity contribution in [1.29, 1.82) is 0 Å². The molecule has 1 rings (SSSR count). The highest BCUT2D eigenvalue weighted by Crippen LogP contribution is 2.20. The lowest BCUT2D eigenvalue weighted by atomic mass is 10.1. The lowest BCUT2D eigenvalue weighted by Crippen LogP contribution is -2.17. The number of hydrogen-bond donors (Lipinski definition) is 0. The van der Waals surface area contributed by atoms with E-state index >= 15 is 0 Å². The van der Waals surface area contributed by atoms with E-state index in [1.807, 2.05) is 6.21 Å². The molecule has 0 aromatic carbocycles. The van der Waals surface area contributed by atoms with Gasteiger partial charge in [-0.05, 0) is 29.3 Å². The second-order valence-corrected chi connectivity index (χ2v) is 3.82. The minimum absolute atomic E-state index is 0.241. The molecule has 12 heavy (non-hydrogen) atoms. The molecule has 0 amide bonds. The standard InChI is InChI=1S/C8H11BrClNO/c1-6-2-7(4-12-5-10)11-3-8(6)9/h3,7H,2,4-5H2,1H3. The van der Waals surface area contributed by atoms with Crippen LogP contribution in [0.5, 0.6) is 0 Å². The van der Waals surface area contributed by atoms with Crippen LogP contribution in [-0.4, -0.2) is 24.9 Å². The van der Waals surface area contributed by atoms with Crippen molar-refractivity contribution in [3.05, 3.63) is 10.1 Å². The Bertz CT molecular complexity index is 215. The van der Waals surface area contributed by atoms with Gasteiger partial charge in [0.1, 0.15) is 6.07 Å². The highest BCUT2D eigenvalue weighted by molar-refractivity contribution is 9.12. The molecule has 68 valence electrons. The van der Waals surface area contributed by atoms with Crippen LogP contribution >= 0.6 is 27.5 Å². The van der Waals surface area contributed by atoms with Gasteiger partial charge in [0.15, 0.2) is 0 Å². The van der Waals surface area contributed by atoms with Crippen molar-refractivity contribution in [2.45, 2.75) is 19.4 Å². The van der Waals surface area contributed by atoms with Crippen molar-refractivity contribution >= 4 is 33.7 Å². The Balaban J connectivity index is 2.40. The third-order valence-corrected chi connectivity index (χ3v) is 2.77. The van der Waals surface area contributed by atoms with Crippen LogP contribution in [0.15, 0.2) is 15.0 Å². The second kappa shape index (κ2) is 5.00. The topological polar surface area (TPSA) is 21.6 Å². The predicted molar refractivity (Wildman–Crippen MR) is 55.2 cm³/mol. The van der Waals surface area contributed by atoms with Gasteiger partial charge in [-0.3, -0.25) is 4.99 Å². The summed E-state index contributed by atoms with van der Waals surface area (Å²) in [4.78, 5) is 4.28. The number of nitrogens with zero attached hydrogens (tertiary/aromatic N) is 1. The highest BCUT2D eigenvalue weighted by atomic mass is 79.9. The van der Waals surface area contributed by atoms with E-state index in [2.05, 4.69) is 27.8 Å². The minimum Gasteiger partial charge on any atom is -0.364 e. The highest BCUT2D eigenvalue weighted by Gasteiger charge is 2.12. The SMILES string of the molecule is CC1=C(Br)C=NC(COCCl)C1. The summed E-state index contributed by atoms with van der Waals surface area (Å²) in [7, 11) is 0. The molecule has 0 fully saturated rings. The molecule has 0 aromatic heterocycles. The van der Waals surface area contributed by atoms with Crippen molar-refractivity contribution in [3.63, 3.8) is 0 Å². The van der Waals surface area contributed by atoms with Crippen LogP contribution in [0.4, 0.5) is 0 Å². The van der Waals surface area contributed by atoms with E-state index in [-0.39, 0.29) is 12.1 Å². The molecule has 1 heterocycles. The van der Waals surface area contributed by atoms with Crippen molar-refractivity contribution < 1.29 is 4.74 Å². The summed E-state index contributed by atoms with van der Waals surface area (Å²) in [5.74, 6) is 0. The molecule has 1 unspecified atom stereocenters. The van der Waals surface area contributed by atoms with Gasteiger partial charge in [0.2, 0.25) is 0 Å². The van der Waals surface area contributed by atoms with Crippen molar-refractivity contribution in [3.8, 4) is 0 Å². The van der Waals surface area contributed by atoms with Crippen LogP contribution in [0.2, 0.25) is 0 Å². The van der Waals surface area contributed by atoms with Crippen LogP contribution < -0.4 is 0 Å². The average Bonchev–Trinajstić information content (AvgIpc) is 2.07. The smallest absolute Gasteiger partial charge is 0.120 e. The summed E-state index contributed by atoms with van der Waals surface area (Å²) >= 11 is 8.80. The molecule has 4 heteroatoms. The molecule has 2 nitrogen and oxygen atoms in total. The number of aliphatic imine (C=N–C) groups is 1. The van der Waals surface area contributed by atoms with Gasteiger partial charge in [-0.2, -0.15) is 0 Å². The number of dihydropyridines is 1. The molecule has 1 aliphatic rings. The van der Waals surface area contributed by atoms with Crippen molar-refractivity contribution in [2.24, 2.45) is 4.99 Å². The normalized spacial score (nSPS) is 23.4. The quantitative estimate of drug-likeness (QED) is 0.708. The summed E-state index contributed by atoms with van der Waals surface area (Å²) in [5.41, 5.74) is 1.31. The zero-order chi connectivity index (χ0) is 8.97. The molecule has 1 atom stereocenters. The first-order chi connectivity index (χ1) is 5.74. The fraction of sp³-hybridized carbons (Fsp3) is 0.625. The molecule has 0 spiro atoms. The summed E-state index contributed by atoms with van der Waals surface area (Å²) in [5, 5.41) is 0. The average molecular weight is 253 g/mol. The van der Waals surface area contributed by atoms with E-state index in [0.717, 1.165) is 10.9 Å². The summed E-state index contributed by atoms with van der Waals surface area (Å²) in [6.07, 6.45) is 2.79. The van der Waals surface area contributed by atoms with Crippen molar-refractivity contribution in [2.75, 3.05) is 12.7 Å². The Kier molecular flexibility index (Phi) is 4.26.